The minimum atomic E-state index is -0.636. The van der Waals surface area contributed by atoms with E-state index in [1.54, 1.807) is 41.4 Å². The van der Waals surface area contributed by atoms with E-state index >= 15 is 0 Å². The van der Waals surface area contributed by atoms with Gasteiger partial charge in [-0.25, -0.2) is 0 Å². The number of anilines is 3. The summed E-state index contributed by atoms with van der Waals surface area (Å²) in [5.74, 6) is -1.11. The number of rotatable bonds is 20. The first-order chi connectivity index (χ1) is 36.4. The summed E-state index contributed by atoms with van der Waals surface area (Å²) in [5, 5.41) is 12.7. The Labute approximate surface area is 433 Å². The minimum absolute atomic E-state index is 0.0102. The van der Waals surface area contributed by atoms with E-state index in [9.17, 15) is 33.6 Å². The van der Waals surface area contributed by atoms with Gasteiger partial charge in [-0.05, 0) is 108 Å². The summed E-state index contributed by atoms with van der Waals surface area (Å²) in [7, 11) is 4.55. The second kappa shape index (κ2) is 23.0. The highest BCUT2D eigenvalue weighted by Crippen LogP contribution is 2.43. The molecule has 0 spiro atoms. The van der Waals surface area contributed by atoms with E-state index in [-0.39, 0.29) is 61.9 Å². The van der Waals surface area contributed by atoms with E-state index in [0.29, 0.717) is 88.7 Å². The summed E-state index contributed by atoms with van der Waals surface area (Å²) in [5.41, 5.74) is 7.78. The first kappa shape index (κ1) is 51.2. The van der Waals surface area contributed by atoms with Gasteiger partial charge in [0.05, 0.1) is 51.1 Å². The second-order valence-electron chi connectivity index (χ2n) is 18.6. The zero-order valence-electron chi connectivity index (χ0n) is 41.9. The average molecular weight is 1020 g/mol. The van der Waals surface area contributed by atoms with Crippen molar-refractivity contribution in [2.75, 3.05) is 56.0 Å². The van der Waals surface area contributed by atoms with Crippen LogP contribution in [0.2, 0.25) is 0 Å². The number of aryl methyl sites for hydroxylation is 1. The molecule has 4 aliphatic heterocycles. The molecule has 5 N–H and O–H groups in total. The zero-order chi connectivity index (χ0) is 52.6. The van der Waals surface area contributed by atoms with Crippen LogP contribution in [0, 0.1) is 0 Å². The van der Waals surface area contributed by atoms with Crippen LogP contribution < -0.4 is 55.3 Å². The Morgan fingerprint density at radius 2 is 1.16 bits per heavy atom. The van der Waals surface area contributed by atoms with Crippen molar-refractivity contribution in [2.24, 2.45) is 4.99 Å². The van der Waals surface area contributed by atoms with Crippen LogP contribution in [0.15, 0.2) is 96.0 Å². The summed E-state index contributed by atoms with van der Waals surface area (Å²) in [4.78, 5) is 98.4. The van der Waals surface area contributed by atoms with E-state index in [4.69, 9.17) is 23.9 Å². The number of ether oxygens (including phenoxy) is 4. The lowest BCUT2D eigenvalue weighted by molar-refractivity contribution is -0.128. The molecule has 7 amide bonds. The van der Waals surface area contributed by atoms with Gasteiger partial charge in [-0.1, -0.05) is 36.4 Å². The number of para-hydroxylation sites is 2. The molecule has 9 rings (SSSR count). The van der Waals surface area contributed by atoms with Crippen LogP contribution in [0.3, 0.4) is 0 Å². The maximum absolute atomic E-state index is 14.1. The number of nitrogens with one attached hydrogen (secondary N) is 5. The van der Waals surface area contributed by atoms with Gasteiger partial charge in [0, 0.05) is 67.3 Å². The highest BCUT2D eigenvalue weighted by atomic mass is 16.5. The first-order valence-corrected chi connectivity index (χ1v) is 24.9. The van der Waals surface area contributed by atoms with Gasteiger partial charge >= 0.3 is 0 Å². The number of hydrogen-bond acceptors (Lipinski definition) is 12. The molecule has 19 heteroatoms. The van der Waals surface area contributed by atoms with E-state index in [2.05, 4.69) is 32.7 Å². The molecule has 388 valence electrons. The van der Waals surface area contributed by atoms with Crippen molar-refractivity contribution in [1.29, 1.82) is 0 Å². The number of aliphatic imine (C=N–C) groups is 1. The standard InChI is InChI=1S/C56H58N8O11/c1-57-50(65)14-8-9-15-51(66)59-28-52(67)60-29-53(68)61-30-54(69)62-38-19-33(31-74-48-23-35-16-17-39-21-36-10-4-6-12-44(36)63(39)55(70)41(35)24-46(48)72-2)18-34(20-38)32-75-49-26-43-42(25-47(49)73-3)56(71)64-40(27-58-43)22-37-11-5-7-13-45(37)64/h4-7,10-13,18-20,23-27,39-40H,8-9,14-17,21-22,28-32H2,1-3H3,(H,57,65)(H,59,66)(H,60,67)(H,61,68)(H,62,69)/t39-,40+/m1/s1. The predicted molar refractivity (Wildman–Crippen MR) is 279 cm³/mol. The van der Waals surface area contributed by atoms with Crippen molar-refractivity contribution in [3.8, 4) is 23.0 Å². The number of amides is 7. The van der Waals surface area contributed by atoms with Crippen LogP contribution >= 0.6 is 0 Å². The van der Waals surface area contributed by atoms with Crippen molar-refractivity contribution < 1.29 is 52.5 Å². The molecule has 75 heavy (non-hydrogen) atoms. The first-order valence-electron chi connectivity index (χ1n) is 24.9. The average Bonchev–Trinajstić information content (AvgIpc) is 3.92. The molecule has 0 fully saturated rings. The van der Waals surface area contributed by atoms with Crippen LogP contribution in [-0.2, 0) is 56.4 Å². The summed E-state index contributed by atoms with van der Waals surface area (Å²) in [6.45, 7) is -1.23. The molecule has 0 unspecified atom stereocenters. The summed E-state index contributed by atoms with van der Waals surface area (Å²) in [6, 6.07) is 27.8. The molecule has 0 radical (unpaired) electrons. The van der Waals surface area contributed by atoms with E-state index in [0.717, 1.165) is 40.9 Å². The third-order valence-corrected chi connectivity index (χ3v) is 13.6. The number of benzene rings is 5. The molecular weight excluding hydrogens is 961 g/mol. The van der Waals surface area contributed by atoms with Crippen molar-refractivity contribution in [2.45, 2.75) is 76.7 Å². The molecule has 0 bridgehead atoms. The number of unbranched alkanes of at least 4 members (excludes halogenated alkanes) is 1. The molecule has 0 saturated carbocycles. The molecule has 4 heterocycles. The lowest BCUT2D eigenvalue weighted by Crippen LogP contribution is -2.43. The van der Waals surface area contributed by atoms with Gasteiger partial charge in [-0.2, -0.15) is 0 Å². The van der Waals surface area contributed by atoms with Crippen molar-refractivity contribution in [3.63, 3.8) is 0 Å². The minimum Gasteiger partial charge on any atom is -0.493 e. The van der Waals surface area contributed by atoms with Gasteiger partial charge in [0.2, 0.25) is 29.5 Å². The number of carbonyl (C=O) groups excluding carboxylic acids is 7. The van der Waals surface area contributed by atoms with Gasteiger partial charge in [-0.15, -0.1) is 0 Å². The molecule has 5 aromatic carbocycles. The van der Waals surface area contributed by atoms with Gasteiger partial charge in [0.25, 0.3) is 11.8 Å². The summed E-state index contributed by atoms with van der Waals surface area (Å²) in [6.07, 6.45) is 6.08. The van der Waals surface area contributed by atoms with Crippen LogP contribution in [0.25, 0.3) is 0 Å². The lowest BCUT2D eigenvalue weighted by atomic mass is 9.99. The van der Waals surface area contributed by atoms with E-state index in [1.807, 2.05) is 59.5 Å². The molecule has 0 saturated heterocycles. The van der Waals surface area contributed by atoms with Gasteiger partial charge in [0.15, 0.2) is 23.0 Å². The molecular formula is C56H58N8O11. The number of hydrogen-bond donors (Lipinski definition) is 5. The van der Waals surface area contributed by atoms with Crippen LogP contribution in [0.5, 0.6) is 23.0 Å². The largest absolute Gasteiger partial charge is 0.493 e. The highest BCUT2D eigenvalue weighted by molar-refractivity contribution is 6.15. The fraction of sp³-hybridized carbons (Fsp3) is 0.321. The smallest absolute Gasteiger partial charge is 0.261 e. The number of nitrogens with zero attached hydrogens (tertiary/aromatic N) is 3. The van der Waals surface area contributed by atoms with Gasteiger partial charge in [-0.3, -0.25) is 43.5 Å². The van der Waals surface area contributed by atoms with E-state index in [1.165, 1.54) is 21.3 Å². The van der Waals surface area contributed by atoms with Crippen molar-refractivity contribution in [3.05, 3.63) is 130 Å². The quantitative estimate of drug-likeness (QED) is 0.0631. The number of methoxy groups -OCH3 is 2. The third-order valence-electron chi connectivity index (χ3n) is 13.6. The molecule has 2 atom stereocenters. The molecule has 4 aliphatic rings. The van der Waals surface area contributed by atoms with Crippen molar-refractivity contribution >= 4 is 70.3 Å². The van der Waals surface area contributed by atoms with Gasteiger partial charge in [0.1, 0.15) is 13.2 Å². The summed E-state index contributed by atoms with van der Waals surface area (Å²) >= 11 is 0. The lowest BCUT2D eigenvalue weighted by Gasteiger charge is -2.23. The monoisotopic (exact) mass is 1020 g/mol. The Kier molecular flexibility index (Phi) is 15.7. The predicted octanol–water partition coefficient (Wildman–Crippen LogP) is 5.26. The maximum Gasteiger partial charge on any atom is 0.261 e. The van der Waals surface area contributed by atoms with Crippen LogP contribution in [0.1, 0.15) is 80.6 Å². The number of fused-ring (bicyclic) bond motifs is 8. The Balaban J connectivity index is 0.881. The Hall–Kier alpha value is -8.74. The third kappa shape index (κ3) is 11.7. The Bertz CT molecular complexity index is 3100. The Morgan fingerprint density at radius 3 is 1.81 bits per heavy atom. The maximum atomic E-state index is 14.1. The highest BCUT2D eigenvalue weighted by Gasteiger charge is 2.39. The van der Waals surface area contributed by atoms with Crippen molar-refractivity contribution in [1.82, 2.24) is 21.3 Å². The van der Waals surface area contributed by atoms with Gasteiger partial charge < -0.3 is 50.4 Å². The SMILES string of the molecule is CNC(=O)CCCCC(=O)NCC(=O)NCC(=O)NCC(=O)Nc1cc(COc2cc3c(cc2OC)C(=O)N2c4ccccc4C[C@H]2CC3)cc(COc2cc3c(cc2OC)C(=O)N2c4ccccc4C[C@H]2C=N3)c1. The topological polar surface area (TPSA) is 235 Å². The fourth-order valence-electron chi connectivity index (χ4n) is 9.86. The zero-order valence-corrected chi connectivity index (χ0v) is 41.9. The van der Waals surface area contributed by atoms with E-state index < -0.39 is 30.8 Å². The van der Waals surface area contributed by atoms with Crippen LogP contribution in [-0.4, -0.2) is 101 Å². The molecule has 0 aliphatic carbocycles. The number of carbonyl (C=O) groups is 7. The molecule has 0 aromatic heterocycles. The second-order valence-corrected chi connectivity index (χ2v) is 18.6. The molecule has 5 aromatic rings. The normalized spacial score (nSPS) is 15.6. The fourth-order valence-corrected chi connectivity index (χ4v) is 9.86. The van der Waals surface area contributed by atoms with Crippen LogP contribution in [0.4, 0.5) is 22.7 Å². The summed E-state index contributed by atoms with van der Waals surface area (Å²) < 4.78 is 24.4. The Morgan fingerprint density at radius 1 is 0.600 bits per heavy atom. The molecule has 19 nitrogen and oxygen atoms in total.